The minimum absolute atomic E-state index is 0.217. The van der Waals surface area contributed by atoms with Gasteiger partial charge in [-0.3, -0.25) is 0 Å². The van der Waals surface area contributed by atoms with E-state index in [2.05, 4.69) is 5.32 Å². The molecule has 0 saturated heterocycles. The third-order valence-corrected chi connectivity index (χ3v) is 3.47. The van der Waals surface area contributed by atoms with Crippen LogP contribution in [-0.2, 0) is 0 Å². The summed E-state index contributed by atoms with van der Waals surface area (Å²) in [5.74, 6) is 0.217. The lowest BCUT2D eigenvalue weighted by Crippen LogP contribution is -2.20. The zero-order chi connectivity index (χ0) is 13.2. The first kappa shape index (κ1) is 12.3. The second-order valence-electron chi connectivity index (χ2n) is 4.47. The second-order valence-corrected chi connectivity index (χ2v) is 4.77. The normalized spacial score (nSPS) is 12.9. The van der Waals surface area contributed by atoms with Crippen LogP contribution in [0.4, 0.5) is 5.69 Å². The Kier molecular flexibility index (Phi) is 3.32. The van der Waals surface area contributed by atoms with Gasteiger partial charge in [-0.25, -0.2) is 0 Å². The van der Waals surface area contributed by atoms with Gasteiger partial charge in [0.05, 0.1) is 17.4 Å². The third kappa shape index (κ3) is 2.27. The lowest BCUT2D eigenvalue weighted by atomic mass is 10.1. The summed E-state index contributed by atoms with van der Waals surface area (Å²) in [6, 6.07) is 13.8. The molecule has 0 aliphatic rings. The van der Waals surface area contributed by atoms with Crippen LogP contribution in [0.2, 0.25) is 0 Å². The average Bonchev–Trinajstić information content (AvgIpc) is 2.83. The van der Waals surface area contributed by atoms with Gasteiger partial charge < -0.3 is 14.8 Å². The van der Waals surface area contributed by atoms with Crippen molar-refractivity contribution in [3.8, 4) is 0 Å². The molecule has 19 heavy (non-hydrogen) atoms. The first-order valence-electron chi connectivity index (χ1n) is 6.18. The van der Waals surface area contributed by atoms with E-state index in [-0.39, 0.29) is 5.88 Å². The molecule has 0 spiro atoms. The molecular weight excluding hydrogens is 262 g/mol. The summed E-state index contributed by atoms with van der Waals surface area (Å²) in [7, 11) is 0. The van der Waals surface area contributed by atoms with Crippen molar-refractivity contribution in [2.45, 2.75) is 6.10 Å². The Balaban J connectivity index is 2.08. The summed E-state index contributed by atoms with van der Waals surface area (Å²) in [6.45, 7) is 0.419. The van der Waals surface area contributed by atoms with E-state index >= 15 is 0 Å². The molecule has 1 unspecified atom stereocenters. The molecular formula is C15H14ClNO2. The molecule has 2 aromatic carbocycles. The van der Waals surface area contributed by atoms with Gasteiger partial charge in [0.1, 0.15) is 11.2 Å². The van der Waals surface area contributed by atoms with E-state index in [0.717, 1.165) is 27.6 Å². The highest BCUT2D eigenvalue weighted by atomic mass is 35.5. The summed E-state index contributed by atoms with van der Waals surface area (Å²) in [5.41, 5.74) is 2.66. The number of hydrogen-bond donors (Lipinski definition) is 2. The molecule has 1 atom stereocenters. The van der Waals surface area contributed by atoms with E-state index in [1.165, 1.54) is 0 Å². The molecule has 0 bridgehead atoms. The van der Waals surface area contributed by atoms with E-state index in [0.29, 0.717) is 6.54 Å². The monoisotopic (exact) mass is 275 g/mol. The van der Waals surface area contributed by atoms with Gasteiger partial charge in [0.25, 0.3) is 0 Å². The van der Waals surface area contributed by atoms with Gasteiger partial charge in [0.15, 0.2) is 0 Å². The fraction of sp³-hybridized carbons (Fsp3) is 0.200. The van der Waals surface area contributed by atoms with Crippen molar-refractivity contribution in [1.82, 2.24) is 0 Å². The van der Waals surface area contributed by atoms with Crippen LogP contribution in [0, 0.1) is 0 Å². The predicted molar refractivity (Wildman–Crippen MR) is 78.9 cm³/mol. The van der Waals surface area contributed by atoms with Crippen LogP contribution >= 0.6 is 11.6 Å². The number of para-hydroxylation sites is 1. The van der Waals surface area contributed by atoms with Gasteiger partial charge >= 0.3 is 0 Å². The molecule has 98 valence electrons. The Bertz CT molecular complexity index is 708. The van der Waals surface area contributed by atoms with Crippen LogP contribution in [-0.4, -0.2) is 23.6 Å². The van der Waals surface area contributed by atoms with Gasteiger partial charge in [0, 0.05) is 17.6 Å². The molecule has 0 aliphatic carbocycles. The van der Waals surface area contributed by atoms with Crippen molar-refractivity contribution >= 4 is 39.2 Å². The van der Waals surface area contributed by atoms with Crippen LogP contribution in [0.5, 0.6) is 0 Å². The Labute approximate surface area is 115 Å². The Morgan fingerprint density at radius 1 is 1.11 bits per heavy atom. The van der Waals surface area contributed by atoms with Crippen LogP contribution in [0.15, 0.2) is 46.9 Å². The molecule has 2 N–H and O–H groups in total. The highest BCUT2D eigenvalue weighted by Gasteiger charge is 2.11. The largest absolute Gasteiger partial charge is 0.456 e. The Hall–Kier alpha value is -1.71. The number of furan rings is 1. The van der Waals surface area contributed by atoms with Crippen LogP contribution in [0.25, 0.3) is 21.9 Å². The van der Waals surface area contributed by atoms with Gasteiger partial charge in [-0.2, -0.15) is 0 Å². The molecule has 3 aromatic rings. The number of alkyl halides is 1. The molecule has 3 nitrogen and oxygen atoms in total. The summed E-state index contributed by atoms with van der Waals surface area (Å²) >= 11 is 5.60. The molecule has 0 fully saturated rings. The standard InChI is InChI=1S/C15H14ClNO2/c16-8-10(18)9-17-12-5-3-7-14-15(12)11-4-1-2-6-13(11)19-14/h1-7,10,17-18H,8-9H2. The fourth-order valence-corrected chi connectivity index (χ4v) is 2.31. The van der Waals surface area contributed by atoms with E-state index in [4.69, 9.17) is 16.0 Å². The number of hydrogen-bond acceptors (Lipinski definition) is 3. The van der Waals surface area contributed by atoms with Crippen molar-refractivity contribution in [2.75, 3.05) is 17.7 Å². The topological polar surface area (TPSA) is 45.4 Å². The highest BCUT2D eigenvalue weighted by molar-refractivity contribution is 6.18. The van der Waals surface area contributed by atoms with E-state index < -0.39 is 6.10 Å². The SMILES string of the molecule is OC(CCl)CNc1cccc2oc3ccccc3c12. The maximum atomic E-state index is 9.54. The molecule has 0 aliphatic heterocycles. The van der Waals surface area contributed by atoms with Crippen LogP contribution < -0.4 is 5.32 Å². The van der Waals surface area contributed by atoms with Crippen molar-refractivity contribution in [3.63, 3.8) is 0 Å². The summed E-state index contributed by atoms with van der Waals surface area (Å²) < 4.78 is 5.80. The van der Waals surface area contributed by atoms with Crippen LogP contribution in [0.1, 0.15) is 0 Å². The Morgan fingerprint density at radius 3 is 2.74 bits per heavy atom. The lowest BCUT2D eigenvalue weighted by Gasteiger charge is -2.10. The zero-order valence-electron chi connectivity index (χ0n) is 10.3. The summed E-state index contributed by atoms with van der Waals surface area (Å²) in [6.07, 6.45) is -0.560. The van der Waals surface area contributed by atoms with Crippen molar-refractivity contribution < 1.29 is 9.52 Å². The van der Waals surface area contributed by atoms with Gasteiger partial charge in [0.2, 0.25) is 0 Å². The van der Waals surface area contributed by atoms with Gasteiger partial charge in [-0.1, -0.05) is 24.3 Å². The van der Waals surface area contributed by atoms with Gasteiger partial charge in [-0.15, -0.1) is 11.6 Å². The minimum Gasteiger partial charge on any atom is -0.456 e. The number of anilines is 1. The molecule has 3 rings (SSSR count). The number of aliphatic hydroxyl groups is 1. The van der Waals surface area contributed by atoms with E-state index in [1.54, 1.807) is 0 Å². The molecule has 1 aromatic heterocycles. The minimum atomic E-state index is -0.560. The number of fused-ring (bicyclic) bond motifs is 3. The molecule has 0 radical (unpaired) electrons. The molecule has 1 heterocycles. The number of nitrogens with one attached hydrogen (secondary N) is 1. The Morgan fingerprint density at radius 2 is 1.89 bits per heavy atom. The van der Waals surface area contributed by atoms with Crippen molar-refractivity contribution in [2.24, 2.45) is 0 Å². The number of benzene rings is 2. The third-order valence-electron chi connectivity index (χ3n) is 3.11. The second kappa shape index (κ2) is 5.11. The quantitative estimate of drug-likeness (QED) is 0.715. The van der Waals surface area contributed by atoms with Crippen molar-refractivity contribution in [3.05, 3.63) is 42.5 Å². The average molecular weight is 276 g/mol. The first-order valence-corrected chi connectivity index (χ1v) is 6.71. The predicted octanol–water partition coefficient (Wildman–Crippen LogP) is 3.60. The molecule has 0 saturated carbocycles. The van der Waals surface area contributed by atoms with Crippen LogP contribution in [0.3, 0.4) is 0 Å². The maximum absolute atomic E-state index is 9.54. The summed E-state index contributed by atoms with van der Waals surface area (Å²) in [5, 5.41) is 14.9. The van der Waals surface area contributed by atoms with E-state index in [1.807, 2.05) is 42.5 Å². The van der Waals surface area contributed by atoms with Gasteiger partial charge in [-0.05, 0) is 18.2 Å². The molecule has 0 amide bonds. The zero-order valence-corrected chi connectivity index (χ0v) is 11.0. The smallest absolute Gasteiger partial charge is 0.137 e. The maximum Gasteiger partial charge on any atom is 0.137 e. The van der Waals surface area contributed by atoms with Crippen molar-refractivity contribution in [1.29, 1.82) is 0 Å². The molecule has 4 heteroatoms. The van der Waals surface area contributed by atoms with E-state index in [9.17, 15) is 5.11 Å². The number of aliphatic hydroxyl groups excluding tert-OH is 1. The fourth-order valence-electron chi connectivity index (χ4n) is 2.20. The lowest BCUT2D eigenvalue weighted by molar-refractivity contribution is 0.211. The number of rotatable bonds is 4. The summed E-state index contributed by atoms with van der Waals surface area (Å²) in [4.78, 5) is 0. The highest BCUT2D eigenvalue weighted by Crippen LogP contribution is 2.33. The first-order chi connectivity index (χ1) is 9.29. The number of halogens is 1.